The molecule has 1 rings (SSSR count). The summed E-state index contributed by atoms with van der Waals surface area (Å²) in [6.07, 6.45) is 0. The van der Waals surface area contributed by atoms with Gasteiger partial charge in [0, 0.05) is 0 Å². The van der Waals surface area contributed by atoms with Gasteiger partial charge in [-0.15, -0.1) is 0 Å². The fourth-order valence-electron chi connectivity index (χ4n) is 0.846. The summed E-state index contributed by atoms with van der Waals surface area (Å²) in [6, 6.07) is 6.27. The molecule has 0 spiro atoms. The zero-order valence-corrected chi connectivity index (χ0v) is 12.3. The van der Waals surface area contributed by atoms with Gasteiger partial charge >= 0.3 is 29.6 Å². The zero-order valence-electron chi connectivity index (χ0n) is 10.5. The molecule has 1 aromatic carbocycles. The van der Waals surface area contributed by atoms with Crippen molar-refractivity contribution in [3.63, 3.8) is 0 Å². The third kappa shape index (κ3) is 7.05. The fraction of sp³-hybridized carbons (Fsp3) is 0.333. The Labute approximate surface area is 115 Å². The van der Waals surface area contributed by atoms with Gasteiger partial charge in [-0.3, -0.25) is 4.55 Å². The van der Waals surface area contributed by atoms with E-state index in [9.17, 15) is 8.42 Å². The van der Waals surface area contributed by atoms with Crippen molar-refractivity contribution in [1.29, 1.82) is 0 Å². The van der Waals surface area contributed by atoms with Crippen molar-refractivity contribution in [2.75, 3.05) is 14.1 Å². The van der Waals surface area contributed by atoms with Gasteiger partial charge < -0.3 is 6.74 Å². The second-order valence-corrected chi connectivity index (χ2v) is 4.13. The van der Waals surface area contributed by atoms with Gasteiger partial charge in [-0.1, -0.05) is 18.2 Å². The minimum Gasteiger partial charge on any atom is -1.00 e. The molecule has 1 aromatic rings. The monoisotopic (exact) mass is 241 g/mol. The van der Waals surface area contributed by atoms with E-state index in [0.29, 0.717) is 5.56 Å². The number of rotatable bonds is 1. The number of aryl methyl sites for hydroxylation is 1. The molecule has 0 saturated carbocycles. The average molecular weight is 241 g/mol. The molecular weight excluding hydrogens is 225 g/mol. The predicted octanol–water partition coefficient (Wildman–Crippen LogP) is -1.81. The van der Waals surface area contributed by atoms with Crippen LogP contribution in [0.5, 0.6) is 0 Å². The van der Waals surface area contributed by atoms with Crippen LogP contribution in [0.15, 0.2) is 29.2 Å². The molecule has 0 aliphatic rings. The molecule has 0 aliphatic heterocycles. The Kier molecular flexibility index (Phi) is 9.63. The van der Waals surface area contributed by atoms with Crippen LogP contribution >= 0.6 is 0 Å². The summed E-state index contributed by atoms with van der Waals surface area (Å²) < 4.78 is 29.9. The van der Waals surface area contributed by atoms with Crippen LogP contribution in [0.3, 0.4) is 0 Å². The van der Waals surface area contributed by atoms with Gasteiger partial charge in [0.2, 0.25) is 0 Å². The molecule has 0 heterocycles. The van der Waals surface area contributed by atoms with E-state index in [-0.39, 0.29) is 35.9 Å². The number of hydrogen-bond donors (Lipinski definition) is 2. The van der Waals surface area contributed by atoms with Gasteiger partial charge in [0.1, 0.15) is 0 Å². The predicted molar refractivity (Wildman–Crippen MR) is 57.1 cm³/mol. The second-order valence-electron chi connectivity index (χ2n) is 2.74. The molecule has 0 bridgehead atoms. The summed E-state index contributed by atoms with van der Waals surface area (Å²) in [7, 11) is -0.283. The Balaban J connectivity index is -0.000000306. The summed E-state index contributed by atoms with van der Waals surface area (Å²) in [6.45, 7) is 1.63. The van der Waals surface area contributed by atoms with Crippen molar-refractivity contribution in [3.05, 3.63) is 29.8 Å². The molecule has 0 radical (unpaired) electrons. The molecule has 0 unspecified atom stereocenters. The van der Waals surface area contributed by atoms with Crippen LogP contribution in [-0.4, -0.2) is 27.1 Å². The normalized spacial score (nSPS) is 9.60. The molecule has 0 amide bonds. The Morgan fingerprint density at radius 2 is 1.67 bits per heavy atom. The largest absolute Gasteiger partial charge is 1.00 e. The fourth-order valence-corrected chi connectivity index (χ4v) is 1.57. The van der Waals surface area contributed by atoms with Crippen LogP contribution in [0.2, 0.25) is 0 Å². The van der Waals surface area contributed by atoms with Crippen LogP contribution in [-0.2, 0) is 10.1 Å². The topological polar surface area (TPSA) is 66.4 Å². The maximum Gasteiger partial charge on any atom is 1.00 e. The summed E-state index contributed by atoms with van der Waals surface area (Å²) in [5.41, 5.74) is 0.551. The van der Waals surface area contributed by atoms with Gasteiger partial charge in [0.15, 0.2) is 0 Å². The summed E-state index contributed by atoms with van der Waals surface area (Å²) in [4.78, 5) is -0.0278. The van der Waals surface area contributed by atoms with E-state index in [1.807, 2.05) is 14.1 Å². The second kappa shape index (κ2) is 8.27. The Hall–Kier alpha value is 0.0900. The van der Waals surface area contributed by atoms with E-state index >= 15 is 0 Å². The number of nitrogens with one attached hydrogen (secondary N) is 1. The van der Waals surface area contributed by atoms with E-state index < -0.39 is 10.1 Å². The smallest absolute Gasteiger partial charge is 1.00 e. The van der Waals surface area contributed by atoms with Crippen molar-refractivity contribution in [2.45, 2.75) is 11.8 Å². The van der Waals surface area contributed by atoms with Gasteiger partial charge in [0.25, 0.3) is 10.1 Å². The van der Waals surface area contributed by atoms with Crippen LogP contribution in [0.4, 0.5) is 0 Å². The molecule has 82 valence electrons. The van der Waals surface area contributed by atoms with E-state index in [0.717, 1.165) is 0 Å². The zero-order chi connectivity index (χ0) is 11.2. The maximum absolute atomic E-state index is 10.6. The average Bonchev–Trinajstić information content (AvgIpc) is 2.04. The minimum absolute atomic E-state index is 0. The molecule has 2 N–H and O–H groups in total. The van der Waals surface area contributed by atoms with E-state index in [1.54, 1.807) is 25.1 Å². The maximum atomic E-state index is 10.6. The SMILES string of the molecule is CNC.Cc1ccccc1S(=O)(=O)O.[H-].[Na+]. The number of benzene rings is 1. The first-order valence-corrected chi connectivity index (χ1v) is 5.49. The summed E-state index contributed by atoms with van der Waals surface area (Å²) in [5.74, 6) is 0. The number of hydrogen-bond acceptors (Lipinski definition) is 3. The van der Waals surface area contributed by atoms with E-state index in [1.165, 1.54) is 6.07 Å². The molecule has 15 heavy (non-hydrogen) atoms. The van der Waals surface area contributed by atoms with Crippen LogP contribution < -0.4 is 34.9 Å². The molecule has 0 atom stereocenters. The minimum atomic E-state index is -4.03. The third-order valence-corrected chi connectivity index (χ3v) is 2.39. The van der Waals surface area contributed by atoms with Gasteiger partial charge in [-0.25, -0.2) is 0 Å². The van der Waals surface area contributed by atoms with Crippen molar-refractivity contribution in [3.8, 4) is 0 Å². The van der Waals surface area contributed by atoms with Gasteiger partial charge in [0.05, 0.1) is 4.90 Å². The first-order valence-electron chi connectivity index (χ1n) is 4.05. The standard InChI is InChI=1S/C7H8O3S.C2H7N.Na.H/c1-6-4-2-3-5-7(6)11(8,9)10;1-3-2;;/h2-5H,1H3,(H,8,9,10);3H,1-2H3;;/q;;+1;-1. The van der Waals surface area contributed by atoms with Gasteiger partial charge in [-0.05, 0) is 32.6 Å². The quantitative estimate of drug-likeness (QED) is 0.449. The molecule has 0 fully saturated rings. The van der Waals surface area contributed by atoms with Crippen molar-refractivity contribution in [1.82, 2.24) is 5.32 Å². The molecular formula is C9H16NNaO3S. The molecule has 6 heteroatoms. The molecule has 0 aromatic heterocycles. The Morgan fingerprint density at radius 1 is 1.27 bits per heavy atom. The van der Waals surface area contributed by atoms with Crippen molar-refractivity contribution < 1.29 is 44.0 Å². The first-order chi connectivity index (χ1) is 6.43. The van der Waals surface area contributed by atoms with Crippen molar-refractivity contribution in [2.24, 2.45) is 0 Å². The first kappa shape index (κ1) is 17.5. The van der Waals surface area contributed by atoms with E-state index in [4.69, 9.17) is 4.55 Å². The summed E-state index contributed by atoms with van der Waals surface area (Å²) in [5, 5.41) is 2.75. The van der Waals surface area contributed by atoms with E-state index in [2.05, 4.69) is 5.32 Å². The Morgan fingerprint density at radius 3 is 1.93 bits per heavy atom. The molecule has 0 aliphatic carbocycles. The van der Waals surface area contributed by atoms with Gasteiger partial charge in [-0.2, -0.15) is 8.42 Å². The third-order valence-electron chi connectivity index (χ3n) is 1.37. The van der Waals surface area contributed by atoms with Crippen LogP contribution in [0, 0.1) is 6.92 Å². The van der Waals surface area contributed by atoms with Crippen LogP contribution in [0.1, 0.15) is 6.99 Å². The van der Waals surface area contributed by atoms with Crippen molar-refractivity contribution >= 4 is 10.1 Å². The summed E-state index contributed by atoms with van der Waals surface area (Å²) >= 11 is 0. The molecule has 4 nitrogen and oxygen atoms in total. The molecule has 0 saturated heterocycles. The Bertz CT molecular complexity index is 384. The van der Waals surface area contributed by atoms with Crippen LogP contribution in [0.25, 0.3) is 0 Å².